The standard InChI is InChI=1S/C9H20N2O3S/c1-9(2,3)10-15(13,14)11-6-4-8(12)5-7-11/h8,10,12H,4-7H2,1-3H3. The van der Waals surface area contributed by atoms with Crippen LogP contribution in [0.2, 0.25) is 0 Å². The van der Waals surface area contributed by atoms with E-state index in [1.54, 1.807) is 0 Å². The molecule has 0 bridgehead atoms. The number of rotatable bonds is 2. The van der Waals surface area contributed by atoms with Gasteiger partial charge in [0.25, 0.3) is 10.2 Å². The summed E-state index contributed by atoms with van der Waals surface area (Å²) in [5.41, 5.74) is -0.463. The molecule has 0 atom stereocenters. The van der Waals surface area contributed by atoms with Gasteiger partial charge in [0, 0.05) is 18.6 Å². The van der Waals surface area contributed by atoms with Gasteiger partial charge in [-0.05, 0) is 33.6 Å². The molecule has 1 saturated heterocycles. The van der Waals surface area contributed by atoms with E-state index in [-0.39, 0.29) is 6.10 Å². The lowest BCUT2D eigenvalue weighted by molar-refractivity contribution is 0.112. The molecule has 0 aromatic carbocycles. The van der Waals surface area contributed by atoms with Gasteiger partial charge in [-0.25, -0.2) is 0 Å². The van der Waals surface area contributed by atoms with Crippen molar-refractivity contribution in [1.82, 2.24) is 9.03 Å². The maximum absolute atomic E-state index is 11.8. The number of aliphatic hydroxyl groups is 1. The fourth-order valence-electron chi connectivity index (χ4n) is 1.53. The van der Waals surface area contributed by atoms with Crippen molar-refractivity contribution in [2.45, 2.75) is 45.3 Å². The van der Waals surface area contributed by atoms with Crippen molar-refractivity contribution in [1.29, 1.82) is 0 Å². The van der Waals surface area contributed by atoms with Crippen LogP contribution in [-0.2, 0) is 10.2 Å². The summed E-state index contributed by atoms with van der Waals surface area (Å²) in [6.45, 7) is 6.22. The Hall–Kier alpha value is -0.170. The molecule has 0 aliphatic carbocycles. The second-order valence-corrected chi connectivity index (χ2v) is 6.66. The highest BCUT2D eigenvalue weighted by Crippen LogP contribution is 2.14. The van der Waals surface area contributed by atoms with Gasteiger partial charge in [-0.1, -0.05) is 0 Å². The van der Waals surface area contributed by atoms with Crippen molar-refractivity contribution in [3.8, 4) is 0 Å². The molecule has 1 fully saturated rings. The third-order valence-electron chi connectivity index (χ3n) is 2.20. The summed E-state index contributed by atoms with van der Waals surface area (Å²) in [4.78, 5) is 0. The summed E-state index contributed by atoms with van der Waals surface area (Å²) in [6, 6.07) is 0. The first-order chi connectivity index (χ1) is 6.71. The molecule has 90 valence electrons. The topological polar surface area (TPSA) is 69.6 Å². The zero-order chi connectivity index (χ0) is 11.7. The zero-order valence-electron chi connectivity index (χ0n) is 9.52. The first-order valence-electron chi connectivity index (χ1n) is 5.18. The smallest absolute Gasteiger partial charge is 0.279 e. The number of aliphatic hydroxyl groups excluding tert-OH is 1. The van der Waals surface area contributed by atoms with Crippen molar-refractivity contribution < 1.29 is 13.5 Å². The number of nitrogens with one attached hydrogen (secondary N) is 1. The minimum absolute atomic E-state index is 0.355. The minimum atomic E-state index is -3.39. The summed E-state index contributed by atoms with van der Waals surface area (Å²) in [7, 11) is -3.39. The van der Waals surface area contributed by atoms with Crippen LogP contribution in [0.1, 0.15) is 33.6 Å². The van der Waals surface area contributed by atoms with Crippen molar-refractivity contribution >= 4 is 10.2 Å². The Morgan fingerprint density at radius 2 is 1.73 bits per heavy atom. The molecule has 0 amide bonds. The van der Waals surface area contributed by atoms with E-state index in [4.69, 9.17) is 0 Å². The maximum Gasteiger partial charge on any atom is 0.279 e. The quantitative estimate of drug-likeness (QED) is 0.713. The van der Waals surface area contributed by atoms with Crippen molar-refractivity contribution in [3.63, 3.8) is 0 Å². The number of nitrogens with zero attached hydrogens (tertiary/aromatic N) is 1. The Labute approximate surface area is 91.7 Å². The predicted molar refractivity (Wildman–Crippen MR) is 58.6 cm³/mol. The normalized spacial score (nSPS) is 21.9. The summed E-state index contributed by atoms with van der Waals surface area (Å²) in [5, 5.41) is 9.28. The van der Waals surface area contributed by atoms with Crippen LogP contribution in [0.15, 0.2) is 0 Å². The van der Waals surface area contributed by atoms with Gasteiger partial charge >= 0.3 is 0 Å². The molecule has 0 radical (unpaired) electrons. The van der Waals surface area contributed by atoms with Crippen LogP contribution >= 0.6 is 0 Å². The average Bonchev–Trinajstić information content (AvgIpc) is 2.00. The van der Waals surface area contributed by atoms with E-state index in [2.05, 4.69) is 4.72 Å². The van der Waals surface area contributed by atoms with Gasteiger partial charge in [-0.2, -0.15) is 17.4 Å². The van der Waals surface area contributed by atoms with E-state index in [0.717, 1.165) is 0 Å². The Morgan fingerprint density at radius 1 is 1.27 bits per heavy atom. The van der Waals surface area contributed by atoms with Gasteiger partial charge in [0.2, 0.25) is 0 Å². The molecule has 0 spiro atoms. The average molecular weight is 236 g/mol. The van der Waals surface area contributed by atoms with Gasteiger partial charge in [0.15, 0.2) is 0 Å². The summed E-state index contributed by atoms with van der Waals surface area (Å²) in [6.07, 6.45) is 0.682. The van der Waals surface area contributed by atoms with Gasteiger partial charge in [0.1, 0.15) is 0 Å². The molecule has 0 aromatic heterocycles. The largest absolute Gasteiger partial charge is 0.393 e. The Morgan fingerprint density at radius 3 is 2.13 bits per heavy atom. The molecular weight excluding hydrogens is 216 g/mol. The van der Waals surface area contributed by atoms with E-state index in [0.29, 0.717) is 25.9 Å². The molecule has 0 unspecified atom stereocenters. The minimum Gasteiger partial charge on any atom is -0.393 e. The van der Waals surface area contributed by atoms with Crippen LogP contribution < -0.4 is 4.72 Å². The molecule has 1 aliphatic heterocycles. The second kappa shape index (κ2) is 4.37. The van der Waals surface area contributed by atoms with Gasteiger partial charge in [-0.15, -0.1) is 0 Å². The van der Waals surface area contributed by atoms with Crippen molar-refractivity contribution in [3.05, 3.63) is 0 Å². The van der Waals surface area contributed by atoms with Crippen molar-refractivity contribution in [2.24, 2.45) is 0 Å². The highest BCUT2D eigenvalue weighted by atomic mass is 32.2. The van der Waals surface area contributed by atoms with E-state index < -0.39 is 15.7 Å². The Balaban J connectivity index is 2.63. The summed E-state index contributed by atoms with van der Waals surface area (Å²) < 4.78 is 27.7. The van der Waals surface area contributed by atoms with E-state index in [9.17, 15) is 13.5 Å². The van der Waals surface area contributed by atoms with E-state index >= 15 is 0 Å². The van der Waals surface area contributed by atoms with Crippen LogP contribution in [0.5, 0.6) is 0 Å². The molecule has 1 heterocycles. The first-order valence-corrected chi connectivity index (χ1v) is 6.62. The number of hydrogen-bond donors (Lipinski definition) is 2. The van der Waals surface area contributed by atoms with Crippen LogP contribution in [0.4, 0.5) is 0 Å². The molecule has 0 aromatic rings. The van der Waals surface area contributed by atoms with Crippen LogP contribution in [-0.4, -0.2) is 42.6 Å². The maximum atomic E-state index is 11.8. The first kappa shape index (κ1) is 12.9. The predicted octanol–water partition coefficient (Wildman–Crippen LogP) is 0.0760. The summed E-state index contributed by atoms with van der Waals surface area (Å²) >= 11 is 0. The Bertz CT molecular complexity index is 300. The molecule has 6 heteroatoms. The molecule has 5 nitrogen and oxygen atoms in total. The highest BCUT2D eigenvalue weighted by molar-refractivity contribution is 7.87. The van der Waals surface area contributed by atoms with Gasteiger partial charge in [-0.3, -0.25) is 0 Å². The molecule has 1 aliphatic rings. The summed E-state index contributed by atoms with van der Waals surface area (Å²) in [5.74, 6) is 0. The third kappa shape index (κ3) is 4.06. The second-order valence-electron chi connectivity index (χ2n) is 4.99. The van der Waals surface area contributed by atoms with Crippen molar-refractivity contribution in [2.75, 3.05) is 13.1 Å². The molecule has 0 saturated carbocycles. The molecule has 15 heavy (non-hydrogen) atoms. The zero-order valence-corrected chi connectivity index (χ0v) is 10.3. The fraction of sp³-hybridized carbons (Fsp3) is 1.00. The fourth-order valence-corrected chi connectivity index (χ4v) is 3.13. The SMILES string of the molecule is CC(C)(C)NS(=O)(=O)N1CCC(O)CC1. The highest BCUT2D eigenvalue weighted by Gasteiger charge is 2.29. The third-order valence-corrected chi connectivity index (χ3v) is 4.11. The molecule has 2 N–H and O–H groups in total. The van der Waals surface area contributed by atoms with Crippen LogP contribution in [0.3, 0.4) is 0 Å². The number of hydrogen-bond acceptors (Lipinski definition) is 3. The molecule has 1 rings (SSSR count). The number of piperidine rings is 1. The lowest BCUT2D eigenvalue weighted by Gasteiger charge is -2.31. The van der Waals surface area contributed by atoms with Crippen LogP contribution in [0.25, 0.3) is 0 Å². The van der Waals surface area contributed by atoms with E-state index in [1.165, 1.54) is 4.31 Å². The van der Waals surface area contributed by atoms with Gasteiger partial charge in [0.05, 0.1) is 6.10 Å². The molecular formula is C9H20N2O3S. The van der Waals surface area contributed by atoms with Crippen LogP contribution in [0, 0.1) is 0 Å². The van der Waals surface area contributed by atoms with Gasteiger partial charge < -0.3 is 5.11 Å². The Kier molecular flexibility index (Phi) is 3.76. The lowest BCUT2D eigenvalue weighted by atomic mass is 10.1. The van der Waals surface area contributed by atoms with E-state index in [1.807, 2.05) is 20.8 Å². The monoisotopic (exact) mass is 236 g/mol. The lowest BCUT2D eigenvalue weighted by Crippen LogP contribution is -2.51.